The van der Waals surface area contributed by atoms with Gasteiger partial charge >= 0.3 is 0 Å². The van der Waals surface area contributed by atoms with Gasteiger partial charge in [0.2, 0.25) is 0 Å². The van der Waals surface area contributed by atoms with E-state index in [9.17, 15) is 4.79 Å². The Kier molecular flexibility index (Phi) is 4.53. The number of nitrogens with one attached hydrogen (secondary N) is 1. The molecule has 2 fully saturated rings. The molecule has 2 aliphatic heterocycles. The number of rotatable bonds is 3. The Bertz CT molecular complexity index is 785. The molecular weight excluding hydrogens is 314 g/mol. The van der Waals surface area contributed by atoms with Crippen LogP contribution < -0.4 is 10.5 Å². The molecule has 0 amide bonds. The number of aromatic nitrogens is 3. The van der Waals surface area contributed by atoms with E-state index in [0.717, 1.165) is 43.1 Å². The monoisotopic (exact) mass is 339 g/mol. The number of piperazine rings is 1. The first-order valence-electron chi connectivity index (χ1n) is 9.28. The molecule has 2 aromatic rings. The average molecular weight is 339 g/mol. The van der Waals surface area contributed by atoms with Crippen LogP contribution in [0.4, 0.5) is 5.82 Å². The van der Waals surface area contributed by atoms with Crippen molar-refractivity contribution < 1.29 is 0 Å². The molecule has 6 heteroatoms. The molecule has 2 saturated heterocycles. The van der Waals surface area contributed by atoms with Gasteiger partial charge in [-0.15, -0.1) is 0 Å². The molecule has 132 valence electrons. The van der Waals surface area contributed by atoms with E-state index < -0.39 is 0 Å². The number of hydrogen-bond acceptors (Lipinski definition) is 5. The average Bonchev–Trinajstić information content (AvgIpc) is 2.67. The fourth-order valence-electron chi connectivity index (χ4n) is 3.90. The normalized spacial score (nSPS) is 21.2. The zero-order chi connectivity index (χ0) is 17.2. The second-order valence-electron chi connectivity index (χ2n) is 6.98. The fourth-order valence-corrected chi connectivity index (χ4v) is 3.90. The van der Waals surface area contributed by atoms with Gasteiger partial charge in [-0.3, -0.25) is 9.69 Å². The molecule has 1 N–H and O–H groups in total. The predicted octanol–water partition coefficient (Wildman–Crippen LogP) is 2.07. The number of piperidine rings is 1. The Balaban J connectivity index is 1.52. The van der Waals surface area contributed by atoms with E-state index in [0.29, 0.717) is 11.9 Å². The minimum atomic E-state index is -0.112. The van der Waals surface area contributed by atoms with Gasteiger partial charge in [0.25, 0.3) is 5.56 Å². The van der Waals surface area contributed by atoms with Crippen molar-refractivity contribution in [3.05, 3.63) is 40.4 Å². The highest BCUT2D eigenvalue weighted by Crippen LogP contribution is 2.25. The number of hydrogen-bond donors (Lipinski definition) is 1. The molecule has 2 aliphatic rings. The van der Waals surface area contributed by atoms with E-state index in [1.54, 1.807) is 6.07 Å². The summed E-state index contributed by atoms with van der Waals surface area (Å²) in [5, 5.41) is 0. The maximum atomic E-state index is 11.8. The Morgan fingerprint density at radius 3 is 2.96 bits per heavy atom. The maximum Gasteiger partial charge on any atom is 0.251 e. The lowest BCUT2D eigenvalue weighted by Crippen LogP contribution is -2.55. The van der Waals surface area contributed by atoms with Crippen molar-refractivity contribution in [3.8, 4) is 11.4 Å². The van der Waals surface area contributed by atoms with E-state index in [2.05, 4.69) is 24.8 Å². The first kappa shape index (κ1) is 16.3. The third-order valence-corrected chi connectivity index (χ3v) is 5.34. The van der Waals surface area contributed by atoms with Gasteiger partial charge in [-0.25, -0.2) is 9.97 Å². The second kappa shape index (κ2) is 6.96. The maximum absolute atomic E-state index is 11.8. The molecule has 0 saturated carbocycles. The van der Waals surface area contributed by atoms with Gasteiger partial charge in [0.05, 0.1) is 0 Å². The molecule has 1 unspecified atom stereocenters. The standard InChI is InChI=1S/C19H25N5O/c1-2-15-11-18(25)22-19(21-15)14-6-7-17(20-12-14)24-10-9-23-8-4-3-5-16(23)13-24/h6-7,11-12,16H,2-5,8-10,13H2,1H3,(H,21,22,25). The number of aromatic amines is 1. The van der Waals surface area contributed by atoms with Gasteiger partial charge in [0, 0.05) is 49.2 Å². The smallest absolute Gasteiger partial charge is 0.251 e. The third-order valence-electron chi connectivity index (χ3n) is 5.34. The SMILES string of the molecule is CCc1cc(=O)[nH]c(-c2ccc(N3CCN4CCCCC4C3)nc2)n1. The van der Waals surface area contributed by atoms with Gasteiger partial charge in [0.1, 0.15) is 11.6 Å². The van der Waals surface area contributed by atoms with E-state index in [4.69, 9.17) is 0 Å². The summed E-state index contributed by atoms with van der Waals surface area (Å²) in [5.41, 5.74) is 1.54. The summed E-state index contributed by atoms with van der Waals surface area (Å²) in [6, 6.07) is 6.28. The van der Waals surface area contributed by atoms with Crippen LogP contribution in [0.3, 0.4) is 0 Å². The van der Waals surface area contributed by atoms with Crippen molar-refractivity contribution >= 4 is 5.82 Å². The highest BCUT2D eigenvalue weighted by molar-refractivity contribution is 5.56. The van der Waals surface area contributed by atoms with Crippen molar-refractivity contribution in [1.82, 2.24) is 19.9 Å². The van der Waals surface area contributed by atoms with Gasteiger partial charge in [0.15, 0.2) is 0 Å². The third kappa shape index (κ3) is 3.44. The highest BCUT2D eigenvalue weighted by atomic mass is 16.1. The van der Waals surface area contributed by atoms with Gasteiger partial charge in [-0.05, 0) is 37.9 Å². The molecule has 0 aliphatic carbocycles. The summed E-state index contributed by atoms with van der Waals surface area (Å²) in [4.78, 5) is 28.7. The molecule has 2 aromatic heterocycles. The van der Waals surface area contributed by atoms with Crippen LogP contribution in [-0.4, -0.2) is 52.1 Å². The number of nitrogens with zero attached hydrogens (tertiary/aromatic N) is 4. The summed E-state index contributed by atoms with van der Waals surface area (Å²) in [5.74, 6) is 1.61. The molecule has 6 nitrogen and oxygen atoms in total. The van der Waals surface area contributed by atoms with Crippen molar-refractivity contribution in [1.29, 1.82) is 0 Å². The molecule has 25 heavy (non-hydrogen) atoms. The lowest BCUT2D eigenvalue weighted by Gasteiger charge is -2.44. The van der Waals surface area contributed by atoms with Crippen molar-refractivity contribution in [2.45, 2.75) is 38.6 Å². The van der Waals surface area contributed by atoms with Crippen molar-refractivity contribution in [2.24, 2.45) is 0 Å². The Labute approximate surface area is 147 Å². The largest absolute Gasteiger partial charge is 0.354 e. The van der Waals surface area contributed by atoms with Crippen LogP contribution >= 0.6 is 0 Å². The second-order valence-corrected chi connectivity index (χ2v) is 6.98. The topological polar surface area (TPSA) is 65.1 Å². The first-order chi connectivity index (χ1) is 12.2. The summed E-state index contributed by atoms with van der Waals surface area (Å²) in [7, 11) is 0. The lowest BCUT2D eigenvalue weighted by atomic mass is 9.99. The van der Waals surface area contributed by atoms with E-state index in [1.165, 1.54) is 25.8 Å². The minimum absolute atomic E-state index is 0.112. The molecule has 1 atom stereocenters. The highest BCUT2D eigenvalue weighted by Gasteiger charge is 2.29. The number of anilines is 1. The zero-order valence-corrected chi connectivity index (χ0v) is 14.7. The first-order valence-corrected chi connectivity index (χ1v) is 9.28. The van der Waals surface area contributed by atoms with Gasteiger partial charge < -0.3 is 9.88 Å². The summed E-state index contributed by atoms with van der Waals surface area (Å²) >= 11 is 0. The number of fused-ring (bicyclic) bond motifs is 1. The van der Waals surface area contributed by atoms with Crippen LogP contribution in [0.2, 0.25) is 0 Å². The number of pyridine rings is 1. The summed E-state index contributed by atoms with van der Waals surface area (Å²) in [6.07, 6.45) is 6.54. The van der Waals surface area contributed by atoms with E-state index in [1.807, 2.05) is 25.3 Å². The van der Waals surface area contributed by atoms with Crippen molar-refractivity contribution in [2.75, 3.05) is 31.1 Å². The van der Waals surface area contributed by atoms with Crippen LogP contribution in [0.5, 0.6) is 0 Å². The number of aryl methyl sites for hydroxylation is 1. The zero-order valence-electron chi connectivity index (χ0n) is 14.7. The van der Waals surface area contributed by atoms with Crippen LogP contribution in [0, 0.1) is 0 Å². The molecular formula is C19H25N5O. The summed E-state index contributed by atoms with van der Waals surface area (Å²) < 4.78 is 0. The Morgan fingerprint density at radius 2 is 2.16 bits per heavy atom. The van der Waals surface area contributed by atoms with Gasteiger partial charge in [-0.1, -0.05) is 13.3 Å². The molecule has 4 heterocycles. The minimum Gasteiger partial charge on any atom is -0.354 e. The Morgan fingerprint density at radius 1 is 1.24 bits per heavy atom. The fraction of sp³-hybridized carbons (Fsp3) is 0.526. The molecule has 0 bridgehead atoms. The van der Waals surface area contributed by atoms with Crippen LogP contribution in [0.15, 0.2) is 29.2 Å². The molecule has 0 spiro atoms. The van der Waals surface area contributed by atoms with E-state index in [-0.39, 0.29) is 5.56 Å². The van der Waals surface area contributed by atoms with Gasteiger partial charge in [-0.2, -0.15) is 0 Å². The van der Waals surface area contributed by atoms with Crippen molar-refractivity contribution in [3.63, 3.8) is 0 Å². The van der Waals surface area contributed by atoms with Crippen LogP contribution in [0.25, 0.3) is 11.4 Å². The Hall–Kier alpha value is -2.21. The molecule has 0 aromatic carbocycles. The number of H-pyrrole nitrogens is 1. The predicted molar refractivity (Wildman–Crippen MR) is 98.9 cm³/mol. The lowest BCUT2D eigenvalue weighted by molar-refractivity contribution is 0.133. The molecule has 4 rings (SSSR count). The van der Waals surface area contributed by atoms with E-state index >= 15 is 0 Å². The summed E-state index contributed by atoms with van der Waals surface area (Å²) in [6.45, 7) is 6.47. The quantitative estimate of drug-likeness (QED) is 0.927. The van der Waals surface area contributed by atoms with Crippen LogP contribution in [-0.2, 0) is 6.42 Å². The molecule has 0 radical (unpaired) electrons. The van der Waals surface area contributed by atoms with Crippen LogP contribution in [0.1, 0.15) is 31.9 Å².